The molecular weight excluding hydrogens is 404 g/mol. The van der Waals surface area contributed by atoms with Gasteiger partial charge in [0.2, 0.25) is 11.8 Å². The molecule has 0 aromatic heterocycles. The van der Waals surface area contributed by atoms with E-state index in [0.717, 1.165) is 34.6 Å². The summed E-state index contributed by atoms with van der Waals surface area (Å²) in [4.78, 5) is 27.8. The number of rotatable bonds is 9. The normalized spacial score (nSPS) is 14.4. The number of hydrogen-bond acceptors (Lipinski definition) is 4. The van der Waals surface area contributed by atoms with Crippen LogP contribution in [0.25, 0.3) is 0 Å². The second kappa shape index (κ2) is 11.0. The SMILES string of the molecule is CC[C@@H](C)NC(=O)[C@H](C)N(Cc1ccc(C)cc1)C(=O)CCc1ccc2c(c1)OCCO2. The number of aryl methyl sites for hydroxylation is 2. The van der Waals surface area contributed by atoms with Crippen LogP contribution in [0.4, 0.5) is 0 Å². The van der Waals surface area contributed by atoms with Gasteiger partial charge in [-0.1, -0.05) is 42.8 Å². The van der Waals surface area contributed by atoms with E-state index in [4.69, 9.17) is 9.47 Å². The quantitative estimate of drug-likeness (QED) is 0.642. The van der Waals surface area contributed by atoms with Gasteiger partial charge in [0.05, 0.1) is 0 Å². The highest BCUT2D eigenvalue weighted by atomic mass is 16.6. The Kier molecular flexibility index (Phi) is 8.14. The average Bonchev–Trinajstić information content (AvgIpc) is 2.81. The summed E-state index contributed by atoms with van der Waals surface area (Å²) >= 11 is 0. The van der Waals surface area contributed by atoms with Crippen molar-refractivity contribution in [2.24, 2.45) is 0 Å². The molecule has 0 saturated heterocycles. The lowest BCUT2D eigenvalue weighted by Crippen LogP contribution is -2.49. The fourth-order valence-electron chi connectivity index (χ4n) is 3.58. The summed E-state index contributed by atoms with van der Waals surface area (Å²) in [5.41, 5.74) is 3.17. The maximum absolute atomic E-state index is 13.3. The molecule has 3 rings (SSSR count). The first-order valence-electron chi connectivity index (χ1n) is 11.4. The van der Waals surface area contributed by atoms with Crippen LogP contribution >= 0.6 is 0 Å². The predicted octanol–water partition coefficient (Wildman–Crippen LogP) is 4.03. The Balaban J connectivity index is 1.71. The Labute approximate surface area is 190 Å². The largest absolute Gasteiger partial charge is 0.486 e. The van der Waals surface area contributed by atoms with E-state index in [0.29, 0.717) is 32.6 Å². The zero-order valence-electron chi connectivity index (χ0n) is 19.5. The van der Waals surface area contributed by atoms with E-state index in [1.807, 2.05) is 63.2 Å². The molecule has 2 aromatic rings. The Morgan fingerprint density at radius 2 is 1.66 bits per heavy atom. The van der Waals surface area contributed by atoms with Crippen LogP contribution in [0.5, 0.6) is 11.5 Å². The lowest BCUT2D eigenvalue weighted by atomic mass is 10.1. The van der Waals surface area contributed by atoms with Crippen molar-refractivity contribution in [3.05, 3.63) is 59.2 Å². The van der Waals surface area contributed by atoms with Crippen LogP contribution in [0.1, 0.15) is 50.3 Å². The molecule has 0 fully saturated rings. The molecule has 1 aliphatic rings. The Morgan fingerprint density at radius 1 is 1.00 bits per heavy atom. The summed E-state index contributed by atoms with van der Waals surface area (Å²) in [6, 6.07) is 13.4. The van der Waals surface area contributed by atoms with E-state index in [9.17, 15) is 9.59 Å². The topological polar surface area (TPSA) is 67.9 Å². The number of nitrogens with zero attached hydrogens (tertiary/aromatic N) is 1. The van der Waals surface area contributed by atoms with Gasteiger partial charge in [-0.2, -0.15) is 0 Å². The van der Waals surface area contributed by atoms with E-state index in [1.165, 1.54) is 0 Å². The third kappa shape index (κ3) is 6.25. The molecule has 2 amide bonds. The van der Waals surface area contributed by atoms with Gasteiger partial charge in [0.15, 0.2) is 11.5 Å². The number of fused-ring (bicyclic) bond motifs is 1. The van der Waals surface area contributed by atoms with Gasteiger partial charge in [-0.15, -0.1) is 0 Å². The molecule has 1 N–H and O–H groups in total. The number of nitrogens with one attached hydrogen (secondary N) is 1. The van der Waals surface area contributed by atoms with Crippen molar-refractivity contribution in [3.63, 3.8) is 0 Å². The first kappa shape index (κ1) is 23.6. The standard InChI is InChI=1S/C26H34N2O4/c1-5-19(3)27-26(30)20(4)28(17-22-8-6-18(2)7-9-22)25(29)13-11-21-10-12-23-24(16-21)32-15-14-31-23/h6-10,12,16,19-20H,5,11,13-15,17H2,1-4H3,(H,27,30)/t19-,20+/m1/s1. The maximum Gasteiger partial charge on any atom is 0.242 e. The van der Waals surface area contributed by atoms with Crippen molar-refractivity contribution in [1.82, 2.24) is 10.2 Å². The minimum absolute atomic E-state index is 0.0488. The molecule has 0 saturated carbocycles. The minimum atomic E-state index is -0.557. The van der Waals surface area contributed by atoms with Gasteiger partial charge >= 0.3 is 0 Å². The predicted molar refractivity (Wildman–Crippen MR) is 125 cm³/mol. The van der Waals surface area contributed by atoms with Gasteiger partial charge in [0.25, 0.3) is 0 Å². The molecule has 172 valence electrons. The maximum atomic E-state index is 13.3. The summed E-state index contributed by atoms with van der Waals surface area (Å²) in [6.07, 6.45) is 1.72. The molecule has 1 heterocycles. The number of ether oxygens (including phenoxy) is 2. The first-order chi connectivity index (χ1) is 15.4. The molecule has 0 radical (unpaired) electrons. The molecule has 6 heteroatoms. The van der Waals surface area contributed by atoms with Crippen molar-refractivity contribution < 1.29 is 19.1 Å². The Morgan fingerprint density at radius 3 is 2.34 bits per heavy atom. The van der Waals surface area contributed by atoms with Crippen molar-refractivity contribution in [2.75, 3.05) is 13.2 Å². The number of hydrogen-bond donors (Lipinski definition) is 1. The van der Waals surface area contributed by atoms with Crippen molar-refractivity contribution in [2.45, 2.75) is 65.6 Å². The molecule has 0 aliphatic carbocycles. The van der Waals surface area contributed by atoms with Crippen LogP contribution in [-0.2, 0) is 22.6 Å². The number of carbonyl (C=O) groups is 2. The van der Waals surface area contributed by atoms with Gasteiger partial charge in [0, 0.05) is 19.0 Å². The van der Waals surface area contributed by atoms with Gasteiger partial charge in [-0.3, -0.25) is 9.59 Å². The molecule has 0 spiro atoms. The zero-order chi connectivity index (χ0) is 23.1. The van der Waals surface area contributed by atoms with Gasteiger partial charge in [0.1, 0.15) is 19.3 Å². The minimum Gasteiger partial charge on any atom is -0.486 e. The third-order valence-electron chi connectivity index (χ3n) is 5.88. The Bertz CT molecular complexity index is 926. The van der Waals surface area contributed by atoms with Crippen molar-refractivity contribution in [1.29, 1.82) is 0 Å². The number of carbonyl (C=O) groups excluding carboxylic acids is 2. The number of amides is 2. The van der Waals surface area contributed by atoms with Crippen molar-refractivity contribution in [3.8, 4) is 11.5 Å². The third-order valence-corrected chi connectivity index (χ3v) is 5.88. The van der Waals surface area contributed by atoms with E-state index in [1.54, 1.807) is 11.8 Å². The fourth-order valence-corrected chi connectivity index (χ4v) is 3.58. The van der Waals surface area contributed by atoms with Crippen LogP contribution in [0.15, 0.2) is 42.5 Å². The first-order valence-corrected chi connectivity index (χ1v) is 11.4. The average molecular weight is 439 g/mol. The van der Waals surface area contributed by atoms with Gasteiger partial charge in [-0.05, 0) is 56.9 Å². The highest BCUT2D eigenvalue weighted by Gasteiger charge is 2.26. The van der Waals surface area contributed by atoms with Gasteiger partial charge < -0.3 is 19.7 Å². The highest BCUT2D eigenvalue weighted by molar-refractivity contribution is 5.87. The van der Waals surface area contributed by atoms with E-state index < -0.39 is 6.04 Å². The van der Waals surface area contributed by atoms with Crippen LogP contribution in [0, 0.1) is 6.92 Å². The molecule has 0 bridgehead atoms. The smallest absolute Gasteiger partial charge is 0.242 e. The van der Waals surface area contributed by atoms with Crippen LogP contribution in [0.3, 0.4) is 0 Å². The fraction of sp³-hybridized carbons (Fsp3) is 0.462. The highest BCUT2D eigenvalue weighted by Crippen LogP contribution is 2.31. The molecule has 2 atom stereocenters. The van der Waals surface area contributed by atoms with Crippen LogP contribution in [0.2, 0.25) is 0 Å². The summed E-state index contributed by atoms with van der Waals surface area (Å²) in [5, 5.41) is 3.00. The summed E-state index contributed by atoms with van der Waals surface area (Å²) < 4.78 is 11.2. The summed E-state index contributed by atoms with van der Waals surface area (Å²) in [5.74, 6) is 1.29. The molecular formula is C26H34N2O4. The second-order valence-electron chi connectivity index (χ2n) is 8.48. The molecule has 1 aliphatic heterocycles. The van der Waals surface area contributed by atoms with E-state index in [2.05, 4.69) is 5.32 Å². The molecule has 0 unspecified atom stereocenters. The van der Waals surface area contributed by atoms with Gasteiger partial charge in [-0.25, -0.2) is 0 Å². The van der Waals surface area contributed by atoms with Crippen LogP contribution < -0.4 is 14.8 Å². The summed E-state index contributed by atoms with van der Waals surface area (Å²) in [7, 11) is 0. The molecule has 32 heavy (non-hydrogen) atoms. The zero-order valence-corrected chi connectivity index (χ0v) is 19.5. The van der Waals surface area contributed by atoms with E-state index >= 15 is 0 Å². The lowest BCUT2D eigenvalue weighted by Gasteiger charge is -2.30. The number of benzene rings is 2. The summed E-state index contributed by atoms with van der Waals surface area (Å²) in [6.45, 7) is 9.31. The molecule has 6 nitrogen and oxygen atoms in total. The second-order valence-corrected chi connectivity index (χ2v) is 8.48. The lowest BCUT2D eigenvalue weighted by molar-refractivity contribution is -0.140. The Hall–Kier alpha value is -3.02. The monoisotopic (exact) mass is 438 g/mol. The van der Waals surface area contributed by atoms with Crippen LogP contribution in [-0.4, -0.2) is 42.0 Å². The van der Waals surface area contributed by atoms with E-state index in [-0.39, 0.29) is 17.9 Å². The molecule has 2 aromatic carbocycles. The van der Waals surface area contributed by atoms with Crippen molar-refractivity contribution >= 4 is 11.8 Å².